The zero-order valence-electron chi connectivity index (χ0n) is 12.3. The van der Waals surface area contributed by atoms with E-state index in [2.05, 4.69) is 10.0 Å². The van der Waals surface area contributed by atoms with Crippen molar-refractivity contribution in [2.75, 3.05) is 11.0 Å². The molecule has 3 rings (SSSR count). The predicted octanol–water partition coefficient (Wildman–Crippen LogP) is 2.63. The Morgan fingerprint density at radius 2 is 2.05 bits per heavy atom. The van der Waals surface area contributed by atoms with Crippen molar-refractivity contribution in [1.82, 2.24) is 5.32 Å². The Balaban J connectivity index is 1.70. The molecular formula is C15H19ClN2O3S. The number of halogens is 1. The van der Waals surface area contributed by atoms with Crippen LogP contribution in [-0.2, 0) is 10.0 Å². The molecule has 2 saturated carbocycles. The molecule has 1 aromatic carbocycles. The summed E-state index contributed by atoms with van der Waals surface area (Å²) in [5, 5.41) is 3.32. The number of hydrogen-bond acceptors (Lipinski definition) is 3. The number of nitrogens with one attached hydrogen (secondary N) is 2. The average Bonchev–Trinajstić information content (AvgIpc) is 2.98. The molecule has 0 aliphatic heterocycles. The van der Waals surface area contributed by atoms with Crippen LogP contribution in [0.4, 0.5) is 5.69 Å². The van der Waals surface area contributed by atoms with E-state index in [-0.39, 0.29) is 17.0 Å². The molecule has 2 aliphatic rings. The first-order valence-corrected chi connectivity index (χ1v) is 9.67. The van der Waals surface area contributed by atoms with Crippen LogP contribution in [-0.4, -0.2) is 26.6 Å². The van der Waals surface area contributed by atoms with Crippen LogP contribution in [0.25, 0.3) is 0 Å². The molecule has 1 amide bonds. The van der Waals surface area contributed by atoms with Gasteiger partial charge in [0.25, 0.3) is 5.91 Å². The van der Waals surface area contributed by atoms with E-state index < -0.39 is 10.0 Å². The molecule has 0 saturated heterocycles. The van der Waals surface area contributed by atoms with E-state index >= 15 is 0 Å². The number of amides is 1. The van der Waals surface area contributed by atoms with Gasteiger partial charge in [0.1, 0.15) is 0 Å². The SMILES string of the molecule is CS(=O)(=O)Nc1ccc(C(=O)N[C@@H]2C[C@@H]3CC[C@@H]2C3)c(Cl)c1. The normalized spacial score (nSPS) is 26.9. The summed E-state index contributed by atoms with van der Waals surface area (Å²) in [6.07, 6.45) is 5.82. The summed E-state index contributed by atoms with van der Waals surface area (Å²) in [6, 6.07) is 4.80. The van der Waals surface area contributed by atoms with Crippen molar-refractivity contribution >= 4 is 33.2 Å². The van der Waals surface area contributed by atoms with E-state index in [1.807, 2.05) is 0 Å². The fraction of sp³-hybridized carbons (Fsp3) is 0.533. The van der Waals surface area contributed by atoms with Crippen LogP contribution in [0.15, 0.2) is 18.2 Å². The first kappa shape index (κ1) is 15.6. The third-order valence-corrected chi connectivity index (χ3v) is 5.49. The molecule has 22 heavy (non-hydrogen) atoms. The Morgan fingerprint density at radius 1 is 1.27 bits per heavy atom. The van der Waals surface area contributed by atoms with Crippen LogP contribution in [0.1, 0.15) is 36.0 Å². The highest BCUT2D eigenvalue weighted by atomic mass is 35.5. The molecule has 5 nitrogen and oxygen atoms in total. The molecule has 0 spiro atoms. The lowest BCUT2D eigenvalue weighted by molar-refractivity contribution is 0.0923. The number of sulfonamides is 1. The molecule has 0 heterocycles. The number of hydrogen-bond donors (Lipinski definition) is 2. The fourth-order valence-corrected chi connectivity index (χ4v) is 4.47. The van der Waals surface area contributed by atoms with Crippen LogP contribution < -0.4 is 10.0 Å². The molecule has 0 aromatic heterocycles. The molecule has 7 heteroatoms. The van der Waals surface area contributed by atoms with Crippen LogP contribution in [0.3, 0.4) is 0 Å². The molecule has 120 valence electrons. The quantitative estimate of drug-likeness (QED) is 0.883. The van der Waals surface area contributed by atoms with Crippen molar-refractivity contribution in [3.05, 3.63) is 28.8 Å². The third kappa shape index (κ3) is 3.38. The molecule has 0 unspecified atom stereocenters. The van der Waals surface area contributed by atoms with Crippen molar-refractivity contribution in [1.29, 1.82) is 0 Å². The molecule has 2 fully saturated rings. The van der Waals surface area contributed by atoms with Crippen LogP contribution in [0.5, 0.6) is 0 Å². The second-order valence-corrected chi connectivity index (χ2v) is 8.48. The van der Waals surface area contributed by atoms with Gasteiger partial charge >= 0.3 is 0 Å². The van der Waals surface area contributed by atoms with Crippen LogP contribution >= 0.6 is 11.6 Å². The summed E-state index contributed by atoms with van der Waals surface area (Å²) in [5.41, 5.74) is 0.729. The summed E-state index contributed by atoms with van der Waals surface area (Å²) in [5.74, 6) is 1.17. The lowest BCUT2D eigenvalue weighted by Crippen LogP contribution is -2.38. The summed E-state index contributed by atoms with van der Waals surface area (Å²) in [7, 11) is -3.36. The van der Waals surface area contributed by atoms with E-state index in [0.29, 0.717) is 17.2 Å². The first-order valence-electron chi connectivity index (χ1n) is 7.40. The van der Waals surface area contributed by atoms with Gasteiger partial charge in [0.15, 0.2) is 0 Å². The minimum atomic E-state index is -3.36. The number of carbonyl (C=O) groups excluding carboxylic acids is 1. The van der Waals surface area contributed by atoms with E-state index in [1.54, 1.807) is 12.1 Å². The van der Waals surface area contributed by atoms with Gasteiger partial charge in [0.05, 0.1) is 16.8 Å². The summed E-state index contributed by atoms with van der Waals surface area (Å²) >= 11 is 6.12. The van der Waals surface area contributed by atoms with Gasteiger partial charge in [-0.1, -0.05) is 18.0 Å². The highest BCUT2D eigenvalue weighted by Crippen LogP contribution is 2.44. The Morgan fingerprint density at radius 3 is 2.59 bits per heavy atom. The average molecular weight is 343 g/mol. The molecule has 0 radical (unpaired) electrons. The van der Waals surface area contributed by atoms with E-state index in [9.17, 15) is 13.2 Å². The molecule has 2 bridgehead atoms. The smallest absolute Gasteiger partial charge is 0.253 e. The summed E-state index contributed by atoms with van der Waals surface area (Å²) in [4.78, 5) is 12.4. The van der Waals surface area contributed by atoms with E-state index in [0.717, 1.165) is 18.6 Å². The Kier molecular flexibility index (Phi) is 4.07. The molecule has 2 N–H and O–H groups in total. The van der Waals surface area contributed by atoms with Crippen LogP contribution in [0.2, 0.25) is 5.02 Å². The number of anilines is 1. The van der Waals surface area contributed by atoms with Gasteiger partial charge in [-0.3, -0.25) is 9.52 Å². The molecule has 2 aliphatic carbocycles. The van der Waals surface area contributed by atoms with Crippen molar-refractivity contribution in [2.45, 2.75) is 31.7 Å². The topological polar surface area (TPSA) is 75.3 Å². The van der Waals surface area contributed by atoms with Gasteiger partial charge in [-0.15, -0.1) is 0 Å². The zero-order chi connectivity index (χ0) is 15.9. The first-order chi connectivity index (χ1) is 10.3. The lowest BCUT2D eigenvalue weighted by Gasteiger charge is -2.23. The minimum absolute atomic E-state index is 0.187. The van der Waals surface area contributed by atoms with Crippen molar-refractivity contribution in [3.8, 4) is 0 Å². The fourth-order valence-electron chi connectivity index (χ4n) is 3.64. The van der Waals surface area contributed by atoms with Crippen molar-refractivity contribution in [3.63, 3.8) is 0 Å². The number of benzene rings is 1. The highest BCUT2D eigenvalue weighted by molar-refractivity contribution is 7.92. The van der Waals surface area contributed by atoms with Crippen molar-refractivity contribution < 1.29 is 13.2 Å². The van der Waals surface area contributed by atoms with Gasteiger partial charge in [0, 0.05) is 11.7 Å². The van der Waals surface area contributed by atoms with Gasteiger partial charge in [-0.2, -0.15) is 0 Å². The third-order valence-electron chi connectivity index (χ3n) is 4.57. The van der Waals surface area contributed by atoms with Gasteiger partial charge < -0.3 is 5.32 Å². The summed E-state index contributed by atoms with van der Waals surface area (Å²) in [6.45, 7) is 0. The van der Waals surface area contributed by atoms with Gasteiger partial charge in [-0.25, -0.2) is 8.42 Å². The molecule has 3 atom stereocenters. The van der Waals surface area contributed by atoms with Crippen LogP contribution in [0, 0.1) is 11.8 Å². The Labute approximate surface area is 135 Å². The molecular weight excluding hydrogens is 324 g/mol. The Bertz CT molecular complexity index is 705. The van der Waals surface area contributed by atoms with Crippen molar-refractivity contribution in [2.24, 2.45) is 11.8 Å². The highest BCUT2D eigenvalue weighted by Gasteiger charge is 2.40. The number of carbonyl (C=O) groups is 1. The monoisotopic (exact) mass is 342 g/mol. The van der Waals surface area contributed by atoms with Gasteiger partial charge in [0.2, 0.25) is 10.0 Å². The zero-order valence-corrected chi connectivity index (χ0v) is 13.9. The number of rotatable bonds is 4. The Hall–Kier alpha value is -1.27. The maximum atomic E-state index is 12.4. The van der Waals surface area contributed by atoms with E-state index in [4.69, 9.17) is 11.6 Å². The maximum Gasteiger partial charge on any atom is 0.253 e. The predicted molar refractivity (Wildman–Crippen MR) is 86.6 cm³/mol. The maximum absolute atomic E-state index is 12.4. The largest absolute Gasteiger partial charge is 0.349 e. The molecule has 1 aromatic rings. The minimum Gasteiger partial charge on any atom is -0.349 e. The standard InChI is InChI=1S/C15H19ClN2O3S/c1-22(20,21)18-11-4-5-12(13(16)8-11)15(19)17-14-7-9-2-3-10(14)6-9/h4-5,8-10,14,18H,2-3,6-7H2,1H3,(H,17,19)/t9-,10-,14-/m1/s1. The summed E-state index contributed by atoms with van der Waals surface area (Å²) < 4.78 is 24.7. The van der Waals surface area contributed by atoms with E-state index in [1.165, 1.54) is 25.3 Å². The second kappa shape index (κ2) is 5.74. The lowest BCUT2D eigenvalue weighted by atomic mass is 9.95. The second-order valence-electron chi connectivity index (χ2n) is 6.32. The number of fused-ring (bicyclic) bond motifs is 2. The van der Waals surface area contributed by atoms with Gasteiger partial charge in [-0.05, 0) is 49.3 Å².